The number of benzene rings is 2. The van der Waals surface area contributed by atoms with E-state index in [1.165, 1.54) is 82.6 Å². The van der Waals surface area contributed by atoms with Crippen LogP contribution in [0.15, 0.2) is 59.6 Å². The summed E-state index contributed by atoms with van der Waals surface area (Å²) in [6.07, 6.45) is 20.5. The summed E-state index contributed by atoms with van der Waals surface area (Å²) in [4.78, 5) is 25.2. The lowest BCUT2D eigenvalue weighted by molar-refractivity contribution is -0.683. The number of nitrogens with zero attached hydrogens (tertiary/aromatic N) is 1. The molecular weight excluding hydrogens is 540 g/mol. The molecule has 1 aromatic heterocycles. The van der Waals surface area contributed by atoms with E-state index in [2.05, 4.69) is 28.5 Å². The molecule has 0 unspecified atom stereocenters. The summed E-state index contributed by atoms with van der Waals surface area (Å²) < 4.78 is 8.28. The van der Waals surface area contributed by atoms with Crippen molar-refractivity contribution in [3.05, 3.63) is 76.2 Å². The summed E-state index contributed by atoms with van der Waals surface area (Å²) in [5, 5.41) is 5.04. The Morgan fingerprint density at radius 3 is 2.00 bits per heavy atom. The van der Waals surface area contributed by atoms with Gasteiger partial charge < -0.3 is 10.1 Å². The van der Waals surface area contributed by atoms with Gasteiger partial charge in [0.1, 0.15) is 5.75 Å². The van der Waals surface area contributed by atoms with Crippen LogP contribution in [0.1, 0.15) is 125 Å². The van der Waals surface area contributed by atoms with Crippen molar-refractivity contribution in [3.8, 4) is 5.75 Å². The first kappa shape index (κ1) is 33.5. The Balaban J connectivity index is 1.36. The Kier molecular flexibility index (Phi) is 16.0. The maximum Gasteiger partial charge on any atom is 0.228 e. The van der Waals surface area contributed by atoms with Crippen molar-refractivity contribution >= 4 is 28.7 Å². The van der Waals surface area contributed by atoms with Gasteiger partial charge >= 0.3 is 0 Å². The average molecular weight is 592 g/mol. The molecule has 5 nitrogen and oxygen atoms in total. The van der Waals surface area contributed by atoms with E-state index >= 15 is 0 Å². The van der Waals surface area contributed by atoms with Crippen LogP contribution in [-0.2, 0) is 17.8 Å². The predicted molar refractivity (Wildman–Crippen MR) is 175 cm³/mol. The number of hydrogen-bond donors (Lipinski definition) is 1. The number of carbonyl (C=O) groups is 2. The molecule has 42 heavy (non-hydrogen) atoms. The summed E-state index contributed by atoms with van der Waals surface area (Å²) in [5.41, 5.74) is 5.29. The van der Waals surface area contributed by atoms with Crippen molar-refractivity contribution in [2.75, 3.05) is 11.9 Å². The van der Waals surface area contributed by atoms with E-state index in [9.17, 15) is 9.59 Å². The van der Waals surface area contributed by atoms with E-state index in [4.69, 9.17) is 4.74 Å². The summed E-state index contributed by atoms with van der Waals surface area (Å²) in [7, 11) is 0. The zero-order chi connectivity index (χ0) is 29.8. The lowest BCUT2D eigenvalue weighted by atomic mass is 10.0. The predicted octanol–water partition coefficient (Wildman–Crippen LogP) is 9.33. The minimum absolute atomic E-state index is 0.0488. The van der Waals surface area contributed by atoms with Crippen LogP contribution in [-0.4, -0.2) is 18.3 Å². The molecular formula is C36H51N2O3S+. The minimum Gasteiger partial charge on any atom is -0.493 e. The third kappa shape index (κ3) is 12.9. The van der Waals surface area contributed by atoms with Gasteiger partial charge in [0.05, 0.1) is 24.0 Å². The van der Waals surface area contributed by atoms with Gasteiger partial charge in [0.25, 0.3) is 0 Å². The van der Waals surface area contributed by atoms with E-state index in [0.717, 1.165) is 30.6 Å². The summed E-state index contributed by atoms with van der Waals surface area (Å²) in [6.45, 7) is 5.18. The second kappa shape index (κ2) is 20.0. The second-order valence-corrected chi connectivity index (χ2v) is 12.2. The normalized spacial score (nSPS) is 11.0. The lowest BCUT2D eigenvalue weighted by Gasteiger charge is -2.15. The molecule has 1 amide bonds. The van der Waals surface area contributed by atoms with E-state index in [0.29, 0.717) is 17.9 Å². The van der Waals surface area contributed by atoms with Crippen LogP contribution in [0.4, 0.5) is 5.69 Å². The van der Waals surface area contributed by atoms with Crippen LogP contribution in [0, 0.1) is 0 Å². The summed E-state index contributed by atoms with van der Waals surface area (Å²) in [5.74, 6) is 0.377. The molecule has 228 valence electrons. The van der Waals surface area contributed by atoms with E-state index in [1.54, 1.807) is 24.3 Å². The number of amides is 1. The molecule has 0 fully saturated rings. The SMILES string of the molecule is CCCCCCCCCCCCCCCCOc1c(CC(=O)Nc2ccc(C[n+]3ccsc3)cc2)cccc1C(C)=O. The van der Waals surface area contributed by atoms with Crippen LogP contribution < -0.4 is 14.6 Å². The number of ketones is 1. The number of ether oxygens (including phenoxy) is 1. The number of para-hydroxylation sites is 1. The number of nitrogens with one attached hydrogen (secondary N) is 1. The van der Waals surface area contributed by atoms with Gasteiger partial charge in [-0.3, -0.25) is 9.59 Å². The molecule has 0 bridgehead atoms. The average Bonchev–Trinajstić information content (AvgIpc) is 3.49. The molecule has 0 aliphatic heterocycles. The van der Waals surface area contributed by atoms with Gasteiger partial charge in [0.15, 0.2) is 18.5 Å². The van der Waals surface area contributed by atoms with Crippen molar-refractivity contribution in [3.63, 3.8) is 0 Å². The Bertz CT molecular complexity index is 1170. The molecule has 1 heterocycles. The van der Waals surface area contributed by atoms with Crippen molar-refractivity contribution in [2.45, 2.75) is 117 Å². The third-order valence-electron chi connectivity index (χ3n) is 7.70. The number of carbonyl (C=O) groups excluding carboxylic acids is 2. The first-order valence-electron chi connectivity index (χ1n) is 16.1. The Labute approximate surface area is 257 Å². The molecule has 0 spiro atoms. The first-order chi connectivity index (χ1) is 20.6. The number of Topliss-reactive ketones (excluding diaryl/α,β-unsaturated/α-hetero) is 1. The lowest BCUT2D eigenvalue weighted by Crippen LogP contribution is -2.30. The van der Waals surface area contributed by atoms with Crippen LogP contribution in [0.5, 0.6) is 5.75 Å². The Morgan fingerprint density at radius 2 is 1.43 bits per heavy atom. The molecule has 0 saturated heterocycles. The highest BCUT2D eigenvalue weighted by molar-refractivity contribution is 7.07. The Morgan fingerprint density at radius 1 is 0.810 bits per heavy atom. The largest absolute Gasteiger partial charge is 0.493 e. The molecule has 0 saturated carbocycles. The fourth-order valence-electron chi connectivity index (χ4n) is 5.28. The third-order valence-corrected chi connectivity index (χ3v) is 8.37. The zero-order valence-electron chi connectivity index (χ0n) is 25.9. The van der Waals surface area contributed by atoms with Crippen molar-refractivity contribution < 1.29 is 18.9 Å². The van der Waals surface area contributed by atoms with Crippen molar-refractivity contribution in [2.24, 2.45) is 0 Å². The summed E-state index contributed by atoms with van der Waals surface area (Å²) in [6, 6.07) is 13.4. The number of thiazole rings is 1. The number of unbranched alkanes of at least 4 members (excludes halogenated alkanes) is 13. The molecule has 0 aliphatic carbocycles. The smallest absolute Gasteiger partial charge is 0.228 e. The van der Waals surface area contributed by atoms with Gasteiger partial charge in [0, 0.05) is 16.8 Å². The Hall–Kier alpha value is -2.99. The number of aromatic nitrogens is 1. The van der Waals surface area contributed by atoms with Gasteiger partial charge in [0.2, 0.25) is 11.4 Å². The molecule has 3 rings (SSSR count). The molecule has 6 heteroatoms. The molecule has 1 N–H and O–H groups in total. The summed E-state index contributed by atoms with van der Waals surface area (Å²) >= 11 is 1.66. The van der Waals surface area contributed by atoms with Crippen LogP contribution in [0.25, 0.3) is 0 Å². The van der Waals surface area contributed by atoms with Gasteiger partial charge in [-0.15, -0.1) is 0 Å². The molecule has 0 radical (unpaired) electrons. The van der Waals surface area contributed by atoms with Gasteiger partial charge in [-0.25, -0.2) is 0 Å². The number of hydrogen-bond acceptors (Lipinski definition) is 4. The zero-order valence-corrected chi connectivity index (χ0v) is 26.7. The quantitative estimate of drug-likeness (QED) is 0.0719. The molecule has 0 aliphatic rings. The molecule has 2 aromatic carbocycles. The standard InChI is InChI=1S/C36H50N2O3S/c1-3-4-5-6-7-8-9-10-11-12-13-14-15-16-25-41-36-32(18-17-19-34(36)30(2)39)27-35(40)37-33-22-20-31(21-23-33)28-38-24-26-42-29-38/h17-24,26,29H,3-16,25,27-28H2,1-2H3/p+1. The van der Waals surface area contributed by atoms with Crippen LogP contribution in [0.2, 0.25) is 0 Å². The highest BCUT2D eigenvalue weighted by Crippen LogP contribution is 2.26. The number of rotatable bonds is 22. The maximum atomic E-state index is 12.9. The fraction of sp³-hybridized carbons (Fsp3) is 0.528. The second-order valence-electron chi connectivity index (χ2n) is 11.4. The molecule has 3 aromatic rings. The van der Waals surface area contributed by atoms with E-state index in [1.807, 2.05) is 41.8 Å². The van der Waals surface area contributed by atoms with Gasteiger partial charge in [-0.2, -0.15) is 4.57 Å². The van der Waals surface area contributed by atoms with Gasteiger partial charge in [-0.05, 0) is 31.5 Å². The monoisotopic (exact) mass is 591 g/mol. The van der Waals surface area contributed by atoms with E-state index in [-0.39, 0.29) is 18.1 Å². The van der Waals surface area contributed by atoms with Gasteiger partial charge in [-0.1, -0.05) is 126 Å². The van der Waals surface area contributed by atoms with Crippen molar-refractivity contribution in [1.82, 2.24) is 0 Å². The minimum atomic E-state index is -0.128. The number of anilines is 1. The highest BCUT2D eigenvalue weighted by atomic mass is 32.1. The van der Waals surface area contributed by atoms with Crippen LogP contribution >= 0.6 is 11.3 Å². The first-order valence-corrected chi connectivity index (χ1v) is 17.1. The van der Waals surface area contributed by atoms with E-state index < -0.39 is 0 Å². The molecule has 0 atom stereocenters. The van der Waals surface area contributed by atoms with Crippen LogP contribution in [0.3, 0.4) is 0 Å². The van der Waals surface area contributed by atoms with Crippen molar-refractivity contribution in [1.29, 1.82) is 0 Å². The fourth-order valence-corrected chi connectivity index (χ4v) is 5.87. The maximum absolute atomic E-state index is 12.9. The highest BCUT2D eigenvalue weighted by Gasteiger charge is 2.16. The topological polar surface area (TPSA) is 59.3 Å².